The van der Waals surface area contributed by atoms with Crippen molar-refractivity contribution in [1.29, 1.82) is 0 Å². The number of carbonyl (C=O) groups excluding carboxylic acids is 1. The molecule has 0 unspecified atom stereocenters. The molecule has 5 heteroatoms. The van der Waals surface area contributed by atoms with Crippen LogP contribution in [0.5, 0.6) is 0 Å². The number of hydrogen-bond donors (Lipinski definition) is 1. The maximum Gasteiger partial charge on any atom is 0.258 e. The molecule has 5 nitrogen and oxygen atoms in total. The van der Waals surface area contributed by atoms with Crippen molar-refractivity contribution in [2.75, 3.05) is 0 Å². The Bertz CT molecular complexity index is 1340. The van der Waals surface area contributed by atoms with Gasteiger partial charge in [0.2, 0.25) is 5.82 Å². The summed E-state index contributed by atoms with van der Waals surface area (Å²) in [5, 5.41) is 8.00. The second kappa shape index (κ2) is 8.65. The van der Waals surface area contributed by atoms with Gasteiger partial charge >= 0.3 is 0 Å². The maximum absolute atomic E-state index is 10.9. The molecule has 1 fully saturated rings. The fourth-order valence-electron chi connectivity index (χ4n) is 5.32. The van der Waals surface area contributed by atoms with Crippen LogP contribution < -0.4 is 5.32 Å². The molecule has 3 aromatic carbocycles. The van der Waals surface area contributed by atoms with Crippen LogP contribution in [0.2, 0.25) is 0 Å². The lowest BCUT2D eigenvalue weighted by atomic mass is 9.81. The molecule has 6 rings (SSSR count). The standard InChI is InChI=1S/C29H27N3O2/c1-18-13-23(8-10-25(18)20-5-3-2-4-6-20)29-31-28(32-34-29)22-7-11-26-21(16-22)9-12-27(26)30-24-14-19(15-24)17-33/h2-8,10-11,13,16-17,19,24,27,30H,9,12,14-15H2,1H3/t19?,24?,27-/m0/s1. The van der Waals surface area contributed by atoms with Crippen LogP contribution in [0.3, 0.4) is 0 Å². The molecule has 2 aliphatic rings. The second-order valence-corrected chi connectivity index (χ2v) is 9.55. The van der Waals surface area contributed by atoms with Crippen molar-refractivity contribution in [3.63, 3.8) is 0 Å². The van der Waals surface area contributed by atoms with E-state index in [1.54, 1.807) is 0 Å². The Labute approximate surface area is 199 Å². The summed E-state index contributed by atoms with van der Waals surface area (Å²) in [5.74, 6) is 1.39. The van der Waals surface area contributed by atoms with Gasteiger partial charge in [-0.05, 0) is 78.6 Å². The van der Waals surface area contributed by atoms with E-state index in [2.05, 4.69) is 72.0 Å². The molecule has 170 valence electrons. The molecule has 1 N–H and O–H groups in total. The van der Waals surface area contributed by atoms with E-state index < -0.39 is 0 Å². The third-order valence-corrected chi connectivity index (χ3v) is 7.27. The van der Waals surface area contributed by atoms with Crippen molar-refractivity contribution in [3.8, 4) is 34.0 Å². The number of benzene rings is 3. The summed E-state index contributed by atoms with van der Waals surface area (Å²) in [6, 6.07) is 24.0. The highest BCUT2D eigenvalue weighted by molar-refractivity contribution is 5.71. The lowest BCUT2D eigenvalue weighted by molar-refractivity contribution is -0.113. The molecule has 34 heavy (non-hydrogen) atoms. The zero-order chi connectivity index (χ0) is 23.1. The van der Waals surface area contributed by atoms with Gasteiger partial charge in [-0.15, -0.1) is 0 Å². The van der Waals surface area contributed by atoms with E-state index >= 15 is 0 Å². The first-order valence-electron chi connectivity index (χ1n) is 12.0. The molecule has 0 radical (unpaired) electrons. The third kappa shape index (κ3) is 3.86. The van der Waals surface area contributed by atoms with E-state index in [0.717, 1.165) is 43.1 Å². The SMILES string of the molecule is Cc1cc(-c2nc(-c3ccc4c(c3)CC[C@@H]4NC3CC(C=O)C3)no2)ccc1-c1ccccc1. The lowest BCUT2D eigenvalue weighted by Gasteiger charge is -2.35. The molecule has 1 aromatic heterocycles. The molecule has 0 aliphatic heterocycles. The van der Waals surface area contributed by atoms with E-state index in [4.69, 9.17) is 9.51 Å². The summed E-state index contributed by atoms with van der Waals surface area (Å²) >= 11 is 0. The van der Waals surface area contributed by atoms with Crippen LogP contribution in [0.25, 0.3) is 34.0 Å². The van der Waals surface area contributed by atoms with Crippen molar-refractivity contribution in [2.24, 2.45) is 5.92 Å². The van der Waals surface area contributed by atoms with E-state index in [1.165, 1.54) is 27.8 Å². The topological polar surface area (TPSA) is 68.0 Å². The summed E-state index contributed by atoms with van der Waals surface area (Å²) in [4.78, 5) is 15.6. The highest BCUT2D eigenvalue weighted by Crippen LogP contribution is 2.37. The summed E-state index contributed by atoms with van der Waals surface area (Å²) in [5.41, 5.74) is 8.18. The van der Waals surface area contributed by atoms with Crippen LogP contribution >= 0.6 is 0 Å². The maximum atomic E-state index is 10.9. The van der Waals surface area contributed by atoms with Crippen LogP contribution in [0, 0.1) is 12.8 Å². The number of aromatic nitrogens is 2. The lowest BCUT2D eigenvalue weighted by Crippen LogP contribution is -2.43. The average Bonchev–Trinajstić information content (AvgIpc) is 3.49. The van der Waals surface area contributed by atoms with Gasteiger partial charge in [0.1, 0.15) is 6.29 Å². The normalized spacial score (nSPS) is 21.1. The molecule has 2 aliphatic carbocycles. The first-order chi connectivity index (χ1) is 16.7. The Morgan fingerprint density at radius 1 is 0.971 bits per heavy atom. The average molecular weight is 450 g/mol. The van der Waals surface area contributed by atoms with Crippen LogP contribution in [-0.2, 0) is 11.2 Å². The molecule has 1 saturated carbocycles. The fraction of sp³-hybridized carbons (Fsp3) is 0.276. The zero-order valence-electron chi connectivity index (χ0n) is 19.2. The van der Waals surface area contributed by atoms with Gasteiger partial charge in [-0.2, -0.15) is 4.98 Å². The van der Waals surface area contributed by atoms with E-state index in [1.807, 2.05) is 12.1 Å². The van der Waals surface area contributed by atoms with Gasteiger partial charge in [0, 0.05) is 29.1 Å². The monoisotopic (exact) mass is 449 g/mol. The smallest absolute Gasteiger partial charge is 0.258 e. The van der Waals surface area contributed by atoms with Gasteiger partial charge in [0.25, 0.3) is 5.89 Å². The van der Waals surface area contributed by atoms with E-state index in [-0.39, 0.29) is 5.92 Å². The molecule has 1 heterocycles. The van der Waals surface area contributed by atoms with Crippen LogP contribution in [0.15, 0.2) is 71.3 Å². The van der Waals surface area contributed by atoms with Crippen LogP contribution in [0.1, 0.15) is 42.0 Å². The number of aldehydes is 1. The van der Waals surface area contributed by atoms with Crippen molar-refractivity contribution in [1.82, 2.24) is 15.5 Å². The number of carbonyl (C=O) groups is 1. The molecule has 0 amide bonds. The van der Waals surface area contributed by atoms with Crippen molar-refractivity contribution in [2.45, 2.75) is 44.7 Å². The minimum atomic E-state index is 0.242. The first kappa shape index (κ1) is 21.0. The summed E-state index contributed by atoms with van der Waals surface area (Å²) in [6.45, 7) is 2.11. The zero-order valence-corrected chi connectivity index (χ0v) is 19.2. The van der Waals surface area contributed by atoms with Gasteiger partial charge < -0.3 is 14.6 Å². The number of rotatable bonds is 6. The Morgan fingerprint density at radius 3 is 2.59 bits per heavy atom. The van der Waals surface area contributed by atoms with Crippen molar-refractivity contribution in [3.05, 3.63) is 83.4 Å². The Kier molecular flexibility index (Phi) is 5.34. The summed E-state index contributed by atoms with van der Waals surface area (Å²) in [7, 11) is 0. The molecule has 0 spiro atoms. The van der Waals surface area contributed by atoms with Gasteiger partial charge in [-0.1, -0.05) is 53.7 Å². The van der Waals surface area contributed by atoms with Gasteiger partial charge in [0.05, 0.1) is 0 Å². The number of hydrogen-bond acceptors (Lipinski definition) is 5. The van der Waals surface area contributed by atoms with E-state index in [9.17, 15) is 4.79 Å². The highest BCUT2D eigenvalue weighted by Gasteiger charge is 2.32. The predicted molar refractivity (Wildman–Crippen MR) is 132 cm³/mol. The van der Waals surface area contributed by atoms with Gasteiger partial charge in [0.15, 0.2) is 0 Å². The number of aryl methyl sites for hydroxylation is 2. The highest BCUT2D eigenvalue weighted by atomic mass is 16.5. The largest absolute Gasteiger partial charge is 0.334 e. The van der Waals surface area contributed by atoms with Crippen LogP contribution in [0.4, 0.5) is 0 Å². The predicted octanol–water partition coefficient (Wildman–Crippen LogP) is 5.93. The van der Waals surface area contributed by atoms with E-state index in [0.29, 0.717) is 23.8 Å². The van der Waals surface area contributed by atoms with Crippen molar-refractivity contribution < 1.29 is 9.32 Å². The van der Waals surface area contributed by atoms with Gasteiger partial charge in [-0.25, -0.2) is 0 Å². The Morgan fingerprint density at radius 2 is 1.79 bits per heavy atom. The number of fused-ring (bicyclic) bond motifs is 1. The first-order valence-corrected chi connectivity index (χ1v) is 12.0. The minimum Gasteiger partial charge on any atom is -0.334 e. The summed E-state index contributed by atoms with van der Waals surface area (Å²) < 4.78 is 5.64. The van der Waals surface area contributed by atoms with Crippen LogP contribution in [-0.4, -0.2) is 22.5 Å². The van der Waals surface area contributed by atoms with Gasteiger partial charge in [-0.3, -0.25) is 0 Å². The molecular weight excluding hydrogens is 422 g/mol. The third-order valence-electron chi connectivity index (χ3n) is 7.27. The molecule has 1 atom stereocenters. The quantitative estimate of drug-likeness (QED) is 0.369. The molecule has 0 saturated heterocycles. The fourth-order valence-corrected chi connectivity index (χ4v) is 5.32. The molecule has 4 aromatic rings. The second-order valence-electron chi connectivity index (χ2n) is 9.55. The molecule has 0 bridgehead atoms. The number of nitrogens with one attached hydrogen (secondary N) is 1. The Balaban J connectivity index is 1.20. The molecular formula is C29H27N3O2. The number of nitrogens with zero attached hydrogens (tertiary/aromatic N) is 2. The minimum absolute atomic E-state index is 0.242. The van der Waals surface area contributed by atoms with Crippen molar-refractivity contribution >= 4 is 6.29 Å². The summed E-state index contributed by atoms with van der Waals surface area (Å²) in [6.07, 6.45) is 5.14. The Hall–Kier alpha value is -3.57.